The summed E-state index contributed by atoms with van der Waals surface area (Å²) in [4.78, 5) is 31.8. The predicted octanol–water partition coefficient (Wildman–Crippen LogP) is 5.02. The van der Waals surface area contributed by atoms with Crippen LogP contribution < -0.4 is 4.74 Å². The van der Waals surface area contributed by atoms with E-state index in [0.717, 1.165) is 0 Å². The molecule has 0 aliphatic carbocycles. The fourth-order valence-electron chi connectivity index (χ4n) is 3.66. The summed E-state index contributed by atoms with van der Waals surface area (Å²) in [5.41, 5.74) is 1.45. The normalized spacial score (nSPS) is 17.6. The summed E-state index contributed by atoms with van der Waals surface area (Å²) in [7, 11) is 1.50. The van der Waals surface area contributed by atoms with E-state index in [1.807, 2.05) is 0 Å². The van der Waals surface area contributed by atoms with E-state index < -0.39 is 17.7 Å². The zero-order chi connectivity index (χ0) is 22.8. The third-order valence-corrected chi connectivity index (χ3v) is 5.94. The summed E-state index contributed by atoms with van der Waals surface area (Å²) in [5, 5.41) is 11.7. The zero-order valence-electron chi connectivity index (χ0n) is 17.0. The third-order valence-electron chi connectivity index (χ3n) is 5.20. The van der Waals surface area contributed by atoms with Crippen molar-refractivity contribution in [3.63, 3.8) is 0 Å². The fraction of sp³-hybridized carbons (Fsp3) is 0.125. The van der Waals surface area contributed by atoms with Gasteiger partial charge >= 0.3 is 0 Å². The first-order chi connectivity index (χ1) is 15.4. The molecule has 0 bridgehead atoms. The van der Waals surface area contributed by atoms with Crippen LogP contribution >= 0.6 is 23.2 Å². The largest absolute Gasteiger partial charge is 0.507 e. The lowest BCUT2D eigenvalue weighted by Crippen LogP contribution is -2.29. The summed E-state index contributed by atoms with van der Waals surface area (Å²) in [6.07, 6.45) is 1.61. The van der Waals surface area contributed by atoms with Crippen molar-refractivity contribution in [2.45, 2.75) is 12.6 Å². The van der Waals surface area contributed by atoms with Crippen molar-refractivity contribution in [2.75, 3.05) is 7.11 Å². The van der Waals surface area contributed by atoms with Crippen LogP contribution in [-0.2, 0) is 16.1 Å². The second-order valence-electron chi connectivity index (χ2n) is 7.15. The van der Waals surface area contributed by atoms with Gasteiger partial charge in [0.15, 0.2) is 0 Å². The summed E-state index contributed by atoms with van der Waals surface area (Å²) < 4.78 is 5.22. The van der Waals surface area contributed by atoms with Gasteiger partial charge in [-0.25, -0.2) is 0 Å². The van der Waals surface area contributed by atoms with Crippen molar-refractivity contribution in [3.05, 3.63) is 99.3 Å². The van der Waals surface area contributed by atoms with Crippen LogP contribution in [0, 0.1) is 0 Å². The lowest BCUT2D eigenvalue weighted by molar-refractivity contribution is -0.140. The fourth-order valence-corrected chi connectivity index (χ4v) is 3.97. The molecule has 0 radical (unpaired) electrons. The molecule has 1 fully saturated rings. The molecule has 0 spiro atoms. The number of Topliss-reactive ketones (excluding diaryl/α,β-unsaturated/α-hetero) is 1. The van der Waals surface area contributed by atoms with Gasteiger partial charge in [-0.3, -0.25) is 14.6 Å². The first kappa shape index (κ1) is 21.9. The van der Waals surface area contributed by atoms with Gasteiger partial charge in [-0.15, -0.1) is 0 Å². The predicted molar refractivity (Wildman–Crippen MR) is 122 cm³/mol. The molecular formula is C24H18Cl2N2O4. The smallest absolute Gasteiger partial charge is 0.296 e. The van der Waals surface area contributed by atoms with Crippen molar-refractivity contribution in [2.24, 2.45) is 0 Å². The van der Waals surface area contributed by atoms with E-state index in [1.54, 1.807) is 66.9 Å². The highest BCUT2D eigenvalue weighted by atomic mass is 35.5. The van der Waals surface area contributed by atoms with Crippen LogP contribution in [0.25, 0.3) is 5.76 Å². The zero-order valence-corrected chi connectivity index (χ0v) is 18.5. The Hall–Kier alpha value is -3.35. The van der Waals surface area contributed by atoms with Gasteiger partial charge < -0.3 is 14.7 Å². The molecule has 162 valence electrons. The maximum Gasteiger partial charge on any atom is 0.296 e. The first-order valence-electron chi connectivity index (χ1n) is 9.68. The van der Waals surface area contributed by atoms with E-state index in [4.69, 9.17) is 27.9 Å². The number of nitrogens with zero attached hydrogens (tertiary/aromatic N) is 2. The van der Waals surface area contributed by atoms with Crippen LogP contribution in [0.5, 0.6) is 5.75 Å². The molecule has 1 aromatic heterocycles. The maximum absolute atomic E-state index is 13.1. The van der Waals surface area contributed by atoms with Crippen LogP contribution in [0.15, 0.2) is 72.4 Å². The molecule has 32 heavy (non-hydrogen) atoms. The Morgan fingerprint density at radius 3 is 2.56 bits per heavy atom. The average Bonchev–Trinajstić information content (AvgIpc) is 3.06. The maximum atomic E-state index is 13.1. The molecule has 6 nitrogen and oxygen atoms in total. The molecule has 3 aromatic rings. The Labute approximate surface area is 194 Å². The lowest BCUT2D eigenvalue weighted by atomic mass is 9.95. The van der Waals surface area contributed by atoms with Crippen molar-refractivity contribution >= 4 is 40.7 Å². The highest BCUT2D eigenvalue weighted by Crippen LogP contribution is 2.41. The molecule has 1 unspecified atom stereocenters. The Kier molecular flexibility index (Phi) is 6.17. The van der Waals surface area contributed by atoms with E-state index in [0.29, 0.717) is 27.6 Å². The highest BCUT2D eigenvalue weighted by Gasteiger charge is 2.46. The summed E-state index contributed by atoms with van der Waals surface area (Å²) >= 11 is 12.3. The van der Waals surface area contributed by atoms with Crippen molar-refractivity contribution < 1.29 is 19.4 Å². The van der Waals surface area contributed by atoms with Gasteiger partial charge in [0.1, 0.15) is 11.5 Å². The van der Waals surface area contributed by atoms with E-state index in [-0.39, 0.29) is 22.9 Å². The molecule has 1 aliphatic heterocycles. The van der Waals surface area contributed by atoms with Gasteiger partial charge in [0.25, 0.3) is 11.7 Å². The van der Waals surface area contributed by atoms with Crippen molar-refractivity contribution in [1.82, 2.24) is 9.88 Å². The summed E-state index contributed by atoms with van der Waals surface area (Å²) in [5.74, 6) is -1.34. The Morgan fingerprint density at radius 1 is 1.06 bits per heavy atom. The molecular weight excluding hydrogens is 451 g/mol. The van der Waals surface area contributed by atoms with Gasteiger partial charge in [0.05, 0.1) is 41.0 Å². The molecule has 2 heterocycles. The van der Waals surface area contributed by atoms with E-state index in [1.165, 1.54) is 12.0 Å². The van der Waals surface area contributed by atoms with Gasteiger partial charge in [0, 0.05) is 11.8 Å². The minimum Gasteiger partial charge on any atom is -0.507 e. The number of rotatable bonds is 5. The quantitative estimate of drug-likeness (QED) is 0.323. The highest BCUT2D eigenvalue weighted by molar-refractivity contribution is 6.46. The number of ketones is 1. The average molecular weight is 469 g/mol. The molecule has 8 heteroatoms. The number of benzene rings is 2. The number of aliphatic hydroxyl groups excluding tert-OH is 1. The Bertz CT molecular complexity index is 1230. The first-order valence-corrected chi connectivity index (χ1v) is 10.4. The SMILES string of the molecule is COc1cccc(/C(O)=C2/C(=O)C(=O)N(Cc3ccccn3)C2c2ccc(Cl)c(Cl)c2)c1. The summed E-state index contributed by atoms with van der Waals surface area (Å²) in [6.45, 7) is 0.0746. The van der Waals surface area contributed by atoms with Gasteiger partial charge in [-0.1, -0.05) is 47.5 Å². The monoisotopic (exact) mass is 468 g/mol. The molecule has 1 aliphatic rings. The van der Waals surface area contributed by atoms with Crippen molar-refractivity contribution in [1.29, 1.82) is 0 Å². The van der Waals surface area contributed by atoms with Gasteiger partial charge in [0.2, 0.25) is 0 Å². The molecule has 1 atom stereocenters. The topological polar surface area (TPSA) is 79.7 Å². The second-order valence-corrected chi connectivity index (χ2v) is 7.97. The van der Waals surface area contributed by atoms with E-state index in [2.05, 4.69) is 4.98 Å². The Morgan fingerprint density at radius 2 is 1.88 bits per heavy atom. The number of hydrogen-bond donors (Lipinski definition) is 1. The standard InChI is InChI=1S/C24H18Cl2N2O4/c1-32-17-7-4-5-15(11-17)22(29)20-21(14-8-9-18(25)19(26)12-14)28(24(31)23(20)30)13-16-6-2-3-10-27-16/h2-12,21,29H,13H2,1H3/b22-20-. The third kappa shape index (κ3) is 4.07. The van der Waals surface area contributed by atoms with Gasteiger partial charge in [-0.05, 0) is 42.0 Å². The van der Waals surface area contributed by atoms with E-state index >= 15 is 0 Å². The minimum absolute atomic E-state index is 0.0439. The lowest BCUT2D eigenvalue weighted by Gasteiger charge is -2.25. The molecule has 1 amide bonds. The number of pyridine rings is 1. The number of hydrogen-bond acceptors (Lipinski definition) is 5. The number of methoxy groups -OCH3 is 1. The number of ether oxygens (including phenoxy) is 1. The number of carbonyl (C=O) groups excluding carboxylic acids is 2. The number of halogens is 2. The van der Waals surface area contributed by atoms with Crippen LogP contribution in [-0.4, -0.2) is 33.8 Å². The van der Waals surface area contributed by atoms with Crippen LogP contribution in [0.2, 0.25) is 10.0 Å². The minimum atomic E-state index is -0.877. The van der Waals surface area contributed by atoms with Crippen molar-refractivity contribution in [3.8, 4) is 5.75 Å². The van der Waals surface area contributed by atoms with Crippen LogP contribution in [0.1, 0.15) is 22.9 Å². The molecule has 4 rings (SSSR count). The van der Waals surface area contributed by atoms with Crippen LogP contribution in [0.4, 0.5) is 0 Å². The Balaban J connectivity index is 1.89. The molecule has 1 saturated heterocycles. The molecule has 1 N–H and O–H groups in total. The van der Waals surface area contributed by atoms with Crippen LogP contribution in [0.3, 0.4) is 0 Å². The van der Waals surface area contributed by atoms with E-state index in [9.17, 15) is 14.7 Å². The number of aromatic nitrogens is 1. The number of aliphatic hydroxyl groups is 1. The second kappa shape index (κ2) is 9.02. The number of carbonyl (C=O) groups is 2. The molecule has 2 aromatic carbocycles. The molecule has 0 saturated carbocycles. The summed E-state index contributed by atoms with van der Waals surface area (Å²) in [6, 6.07) is 15.9. The van der Waals surface area contributed by atoms with Gasteiger partial charge in [-0.2, -0.15) is 0 Å². The number of amides is 1. The number of likely N-dealkylation sites (tertiary alicyclic amines) is 1.